The Morgan fingerprint density at radius 3 is 2.67 bits per heavy atom. The summed E-state index contributed by atoms with van der Waals surface area (Å²) in [6.07, 6.45) is -0.871. The molecule has 138 valence electrons. The topological polar surface area (TPSA) is 75.0 Å². The molecule has 0 unspecified atom stereocenters. The average molecular weight is 366 g/mol. The van der Waals surface area contributed by atoms with Gasteiger partial charge in [-0.15, -0.1) is 0 Å². The van der Waals surface area contributed by atoms with Gasteiger partial charge in [0.2, 0.25) is 6.10 Å². The van der Waals surface area contributed by atoms with Crippen molar-refractivity contribution in [1.82, 2.24) is 0 Å². The molecule has 2 heterocycles. The molecule has 0 aliphatic carbocycles. The van der Waals surface area contributed by atoms with Crippen LogP contribution in [0.25, 0.3) is 11.0 Å². The van der Waals surface area contributed by atoms with Crippen molar-refractivity contribution in [2.24, 2.45) is 0 Å². The Hall–Kier alpha value is -3.28. The van der Waals surface area contributed by atoms with E-state index in [0.29, 0.717) is 17.1 Å². The van der Waals surface area contributed by atoms with Gasteiger partial charge in [-0.25, -0.2) is 9.59 Å². The molecule has 0 N–H and O–H groups in total. The summed E-state index contributed by atoms with van der Waals surface area (Å²) in [6, 6.07) is 13.6. The van der Waals surface area contributed by atoms with Crippen LogP contribution in [-0.2, 0) is 4.79 Å². The molecule has 0 bridgehead atoms. The third-order valence-corrected chi connectivity index (χ3v) is 4.36. The van der Waals surface area contributed by atoms with E-state index in [0.717, 1.165) is 10.9 Å². The van der Waals surface area contributed by atoms with Gasteiger partial charge in [-0.2, -0.15) is 0 Å². The number of rotatable bonds is 3. The highest BCUT2D eigenvalue weighted by Crippen LogP contribution is 2.32. The molecule has 0 saturated heterocycles. The molecule has 0 fully saturated rings. The number of carbonyl (C=O) groups excluding carboxylic acids is 1. The Labute approximate surface area is 155 Å². The van der Waals surface area contributed by atoms with Gasteiger partial charge in [0.05, 0.1) is 0 Å². The van der Waals surface area contributed by atoms with Crippen molar-refractivity contribution in [3.63, 3.8) is 0 Å². The lowest BCUT2D eigenvalue weighted by atomic mass is 10.00. The molecule has 1 aliphatic rings. The maximum absolute atomic E-state index is 12.4. The summed E-state index contributed by atoms with van der Waals surface area (Å²) in [5.74, 6) is 0.954. The van der Waals surface area contributed by atoms with E-state index < -0.39 is 17.7 Å². The van der Waals surface area contributed by atoms with Gasteiger partial charge in [-0.1, -0.05) is 26.0 Å². The summed E-state index contributed by atoms with van der Waals surface area (Å²) >= 11 is 0. The predicted molar refractivity (Wildman–Crippen MR) is 98.6 cm³/mol. The molecule has 6 nitrogen and oxygen atoms in total. The zero-order valence-electron chi connectivity index (χ0n) is 14.9. The van der Waals surface area contributed by atoms with Crippen LogP contribution in [-0.4, -0.2) is 18.7 Å². The van der Waals surface area contributed by atoms with Gasteiger partial charge in [-0.3, -0.25) is 0 Å². The zero-order chi connectivity index (χ0) is 19.0. The molecule has 27 heavy (non-hydrogen) atoms. The molecule has 3 aromatic rings. The van der Waals surface area contributed by atoms with Crippen molar-refractivity contribution >= 4 is 16.9 Å². The van der Waals surface area contributed by atoms with Crippen molar-refractivity contribution in [2.75, 3.05) is 6.61 Å². The minimum Gasteiger partial charge on any atom is -0.485 e. The predicted octanol–water partition coefficient (Wildman–Crippen LogP) is 3.66. The fourth-order valence-corrected chi connectivity index (χ4v) is 3.03. The summed E-state index contributed by atoms with van der Waals surface area (Å²) in [5, 5.41) is 0.815. The maximum Gasteiger partial charge on any atom is 0.356 e. The van der Waals surface area contributed by atoms with Crippen LogP contribution < -0.4 is 19.8 Å². The highest BCUT2D eigenvalue weighted by Gasteiger charge is 2.29. The monoisotopic (exact) mass is 366 g/mol. The first-order chi connectivity index (χ1) is 13.0. The van der Waals surface area contributed by atoms with Crippen LogP contribution >= 0.6 is 0 Å². The minimum absolute atomic E-state index is 0.0655. The van der Waals surface area contributed by atoms with Crippen LogP contribution in [0.15, 0.2) is 57.7 Å². The first-order valence-corrected chi connectivity index (χ1v) is 8.69. The normalized spacial score (nSPS) is 15.7. The van der Waals surface area contributed by atoms with E-state index in [1.165, 1.54) is 12.1 Å². The van der Waals surface area contributed by atoms with Gasteiger partial charge in [0.1, 0.15) is 17.9 Å². The zero-order valence-corrected chi connectivity index (χ0v) is 14.9. The Kier molecular flexibility index (Phi) is 4.32. The van der Waals surface area contributed by atoms with Crippen molar-refractivity contribution in [1.29, 1.82) is 0 Å². The number of esters is 1. The van der Waals surface area contributed by atoms with Crippen LogP contribution in [0.2, 0.25) is 0 Å². The number of hydrogen-bond donors (Lipinski definition) is 0. The fourth-order valence-electron chi connectivity index (χ4n) is 3.03. The minimum atomic E-state index is -0.871. The summed E-state index contributed by atoms with van der Waals surface area (Å²) < 4.78 is 21.9. The molecule has 0 radical (unpaired) electrons. The summed E-state index contributed by atoms with van der Waals surface area (Å²) in [4.78, 5) is 24.2. The van der Waals surface area contributed by atoms with Gasteiger partial charge in [-0.05, 0) is 35.7 Å². The van der Waals surface area contributed by atoms with Crippen molar-refractivity contribution in [3.8, 4) is 17.2 Å². The Morgan fingerprint density at radius 1 is 1.11 bits per heavy atom. The molecule has 0 amide bonds. The SMILES string of the molecule is CC(C)c1cc(=O)oc2cc(OC(=O)[C@H]3COc4ccccc4O3)ccc12. The first-order valence-electron chi connectivity index (χ1n) is 8.69. The summed E-state index contributed by atoms with van der Waals surface area (Å²) in [5.41, 5.74) is 0.831. The highest BCUT2D eigenvalue weighted by molar-refractivity contribution is 5.84. The molecule has 1 aliphatic heterocycles. The molecular formula is C21H18O6. The standard InChI is InChI=1S/C21H18O6/c1-12(2)15-10-20(22)27-18-9-13(7-8-14(15)18)25-21(23)19-11-24-16-5-3-4-6-17(16)26-19/h3-10,12,19H,11H2,1-2H3/t19-/m1/s1. The van der Waals surface area contributed by atoms with Crippen molar-refractivity contribution in [2.45, 2.75) is 25.9 Å². The molecule has 4 rings (SSSR count). The maximum atomic E-state index is 12.4. The second kappa shape index (κ2) is 6.79. The molecule has 6 heteroatoms. The number of carbonyl (C=O) groups is 1. The number of hydrogen-bond acceptors (Lipinski definition) is 6. The van der Waals surface area contributed by atoms with E-state index >= 15 is 0 Å². The van der Waals surface area contributed by atoms with Gasteiger partial charge >= 0.3 is 11.6 Å². The Morgan fingerprint density at radius 2 is 1.89 bits per heavy atom. The summed E-state index contributed by atoms with van der Waals surface area (Å²) in [7, 11) is 0. The lowest BCUT2D eigenvalue weighted by Gasteiger charge is -2.24. The molecule has 0 spiro atoms. The van der Waals surface area contributed by atoms with Crippen molar-refractivity contribution in [3.05, 3.63) is 64.5 Å². The first kappa shape index (κ1) is 17.1. The van der Waals surface area contributed by atoms with Gasteiger partial charge in [0.15, 0.2) is 11.5 Å². The van der Waals surface area contributed by atoms with Gasteiger partial charge in [0, 0.05) is 17.5 Å². The Bertz CT molecular complexity index is 1070. The number of benzene rings is 2. The molecular weight excluding hydrogens is 348 g/mol. The van der Waals surface area contributed by atoms with Crippen LogP contribution in [0.1, 0.15) is 25.3 Å². The highest BCUT2D eigenvalue weighted by atomic mass is 16.6. The Balaban J connectivity index is 1.57. The van der Waals surface area contributed by atoms with E-state index in [-0.39, 0.29) is 18.3 Å². The molecule has 1 aromatic heterocycles. The molecule has 2 aromatic carbocycles. The quantitative estimate of drug-likeness (QED) is 0.400. The van der Waals surface area contributed by atoms with Crippen LogP contribution in [0, 0.1) is 0 Å². The number of ether oxygens (including phenoxy) is 3. The number of fused-ring (bicyclic) bond motifs is 2. The van der Waals surface area contributed by atoms with Gasteiger partial charge in [0.25, 0.3) is 0 Å². The largest absolute Gasteiger partial charge is 0.485 e. The van der Waals surface area contributed by atoms with Crippen molar-refractivity contribution < 1.29 is 23.4 Å². The van der Waals surface area contributed by atoms with Crippen LogP contribution in [0.4, 0.5) is 0 Å². The van der Waals surface area contributed by atoms with Crippen LogP contribution in [0.5, 0.6) is 17.2 Å². The lowest BCUT2D eigenvalue weighted by Crippen LogP contribution is -2.39. The second-order valence-corrected chi connectivity index (χ2v) is 6.62. The molecule has 0 saturated carbocycles. The van der Waals surface area contributed by atoms with E-state index in [1.54, 1.807) is 30.3 Å². The fraction of sp³-hybridized carbons (Fsp3) is 0.238. The second-order valence-electron chi connectivity index (χ2n) is 6.62. The number of para-hydroxylation sites is 2. The third-order valence-electron chi connectivity index (χ3n) is 4.36. The van der Waals surface area contributed by atoms with Gasteiger partial charge < -0.3 is 18.6 Å². The van der Waals surface area contributed by atoms with E-state index in [2.05, 4.69) is 0 Å². The van der Waals surface area contributed by atoms with Crippen LogP contribution in [0.3, 0.4) is 0 Å². The van der Waals surface area contributed by atoms with E-state index in [1.807, 2.05) is 19.9 Å². The molecule has 1 atom stereocenters. The van der Waals surface area contributed by atoms with E-state index in [9.17, 15) is 9.59 Å². The summed E-state index contributed by atoms with van der Waals surface area (Å²) in [6.45, 7) is 4.07. The average Bonchev–Trinajstić information content (AvgIpc) is 2.66. The smallest absolute Gasteiger partial charge is 0.356 e. The lowest BCUT2D eigenvalue weighted by molar-refractivity contribution is -0.144. The third kappa shape index (κ3) is 3.38. The van der Waals surface area contributed by atoms with E-state index in [4.69, 9.17) is 18.6 Å².